The maximum Gasteiger partial charge on any atom is 0.0759 e. The van der Waals surface area contributed by atoms with Crippen molar-refractivity contribution in [1.29, 1.82) is 0 Å². The van der Waals surface area contributed by atoms with Crippen LogP contribution in [0.5, 0.6) is 0 Å². The summed E-state index contributed by atoms with van der Waals surface area (Å²) in [6.45, 7) is 0. The molecule has 0 spiro atoms. The molecule has 1 aliphatic rings. The van der Waals surface area contributed by atoms with Crippen molar-refractivity contribution in [3.05, 3.63) is 23.1 Å². The molecule has 0 fully saturated rings. The van der Waals surface area contributed by atoms with Crippen LogP contribution in [0.25, 0.3) is 0 Å². The highest BCUT2D eigenvalue weighted by Gasteiger charge is 2.03. The van der Waals surface area contributed by atoms with Crippen LogP contribution in [-0.2, 0) is 11.1 Å². The van der Waals surface area contributed by atoms with E-state index in [0.717, 1.165) is 0 Å². The standard InChI is InChI=1S/C6H8O3S/c7-5-1-3-6(4-2-5)10(8)9/h1,3-5,7H,2H2,(H,8,9)/p-1. The zero-order chi connectivity index (χ0) is 7.56. The molecule has 4 heteroatoms. The summed E-state index contributed by atoms with van der Waals surface area (Å²) >= 11 is -2.15. The molecule has 0 aliphatic heterocycles. The van der Waals surface area contributed by atoms with Crippen LogP contribution in [0.1, 0.15) is 6.42 Å². The van der Waals surface area contributed by atoms with Crippen LogP contribution in [0.4, 0.5) is 0 Å². The molecule has 3 nitrogen and oxygen atoms in total. The first-order valence-corrected chi connectivity index (χ1v) is 3.93. The number of rotatable bonds is 1. The van der Waals surface area contributed by atoms with Gasteiger partial charge in [-0.1, -0.05) is 12.2 Å². The lowest BCUT2D eigenvalue weighted by molar-refractivity contribution is 0.225. The second-order valence-electron chi connectivity index (χ2n) is 2.00. The summed E-state index contributed by atoms with van der Waals surface area (Å²) < 4.78 is 20.5. The SMILES string of the molecule is O=S([O-])C1=CCC(O)C=C1. The van der Waals surface area contributed by atoms with E-state index >= 15 is 0 Å². The maximum atomic E-state index is 10.3. The molecule has 0 heterocycles. The van der Waals surface area contributed by atoms with Gasteiger partial charge in [0.25, 0.3) is 0 Å². The topological polar surface area (TPSA) is 60.4 Å². The second kappa shape index (κ2) is 3.09. The van der Waals surface area contributed by atoms with Gasteiger partial charge >= 0.3 is 0 Å². The molecule has 10 heavy (non-hydrogen) atoms. The minimum absolute atomic E-state index is 0.255. The molecule has 1 aliphatic carbocycles. The molecular formula is C6H7O3S-. The van der Waals surface area contributed by atoms with Crippen LogP contribution >= 0.6 is 0 Å². The average molecular weight is 159 g/mol. The number of aliphatic hydroxyl groups excluding tert-OH is 1. The summed E-state index contributed by atoms with van der Waals surface area (Å²) in [6, 6.07) is 0. The number of hydrogen-bond donors (Lipinski definition) is 1. The molecule has 2 unspecified atom stereocenters. The fourth-order valence-corrected chi connectivity index (χ4v) is 1.14. The van der Waals surface area contributed by atoms with E-state index in [1.165, 1.54) is 18.2 Å². The lowest BCUT2D eigenvalue weighted by Crippen LogP contribution is -2.05. The Hall–Kier alpha value is -0.450. The molecule has 0 radical (unpaired) electrons. The van der Waals surface area contributed by atoms with Crippen molar-refractivity contribution < 1.29 is 13.9 Å². The van der Waals surface area contributed by atoms with E-state index in [9.17, 15) is 8.76 Å². The molecular weight excluding hydrogens is 152 g/mol. The quantitative estimate of drug-likeness (QED) is 0.551. The van der Waals surface area contributed by atoms with Crippen LogP contribution in [0.2, 0.25) is 0 Å². The van der Waals surface area contributed by atoms with Crippen molar-refractivity contribution in [3.63, 3.8) is 0 Å². The number of hydrogen-bond acceptors (Lipinski definition) is 3. The van der Waals surface area contributed by atoms with Crippen LogP contribution < -0.4 is 0 Å². The molecule has 0 saturated heterocycles. The highest BCUT2D eigenvalue weighted by Crippen LogP contribution is 2.11. The van der Waals surface area contributed by atoms with Crippen LogP contribution in [0.15, 0.2) is 23.1 Å². The van der Waals surface area contributed by atoms with Gasteiger partial charge in [-0.15, -0.1) is 0 Å². The molecule has 1 N–H and O–H groups in total. The maximum absolute atomic E-state index is 10.3. The van der Waals surface area contributed by atoms with E-state index in [1.807, 2.05) is 0 Å². The van der Waals surface area contributed by atoms with Gasteiger partial charge in [-0.2, -0.15) is 0 Å². The Morgan fingerprint density at radius 1 is 1.80 bits per heavy atom. The Morgan fingerprint density at radius 2 is 2.50 bits per heavy atom. The van der Waals surface area contributed by atoms with Crippen molar-refractivity contribution in [3.8, 4) is 0 Å². The lowest BCUT2D eigenvalue weighted by atomic mass is 10.1. The number of allylic oxidation sites excluding steroid dienone is 1. The first kappa shape index (κ1) is 7.65. The first-order chi connectivity index (χ1) is 4.70. The van der Waals surface area contributed by atoms with Gasteiger partial charge in [0.1, 0.15) is 0 Å². The predicted molar refractivity (Wildman–Crippen MR) is 36.8 cm³/mol. The van der Waals surface area contributed by atoms with Gasteiger partial charge in [-0.25, -0.2) is 0 Å². The van der Waals surface area contributed by atoms with Crippen LogP contribution in [-0.4, -0.2) is 20.0 Å². The molecule has 0 saturated carbocycles. The van der Waals surface area contributed by atoms with Crippen molar-refractivity contribution in [2.24, 2.45) is 0 Å². The molecule has 56 valence electrons. The summed E-state index contributed by atoms with van der Waals surface area (Å²) in [5.74, 6) is 0. The largest absolute Gasteiger partial charge is 0.768 e. The molecule has 2 atom stereocenters. The molecule has 0 aromatic carbocycles. The minimum atomic E-state index is -2.15. The fraction of sp³-hybridized carbons (Fsp3) is 0.333. The van der Waals surface area contributed by atoms with Crippen molar-refractivity contribution >= 4 is 11.1 Å². The highest BCUT2D eigenvalue weighted by molar-refractivity contribution is 7.83. The predicted octanol–water partition coefficient (Wildman–Crippen LogP) is 0.0702. The van der Waals surface area contributed by atoms with Crippen molar-refractivity contribution in [1.82, 2.24) is 0 Å². The van der Waals surface area contributed by atoms with Gasteiger partial charge in [0.15, 0.2) is 0 Å². The normalized spacial score (nSPS) is 27.8. The molecule has 0 amide bonds. The molecule has 1 rings (SSSR count). The van der Waals surface area contributed by atoms with Gasteiger partial charge in [-0.3, -0.25) is 4.21 Å². The zero-order valence-corrected chi connectivity index (χ0v) is 6.00. The summed E-state index contributed by atoms with van der Waals surface area (Å²) in [5, 5.41) is 8.88. The van der Waals surface area contributed by atoms with E-state index < -0.39 is 17.2 Å². The Bertz CT molecular complexity index is 207. The van der Waals surface area contributed by atoms with E-state index in [0.29, 0.717) is 6.42 Å². The number of aliphatic hydroxyl groups is 1. The Morgan fingerprint density at radius 3 is 2.90 bits per heavy atom. The van der Waals surface area contributed by atoms with E-state index in [1.54, 1.807) is 0 Å². The minimum Gasteiger partial charge on any atom is -0.768 e. The first-order valence-electron chi connectivity index (χ1n) is 2.86. The Labute approximate surface area is 61.4 Å². The summed E-state index contributed by atoms with van der Waals surface area (Å²) in [5.41, 5.74) is 0. The van der Waals surface area contributed by atoms with Gasteiger partial charge in [0.2, 0.25) is 0 Å². The zero-order valence-electron chi connectivity index (χ0n) is 5.19. The fourth-order valence-electron chi connectivity index (χ4n) is 0.713. The highest BCUT2D eigenvalue weighted by atomic mass is 32.2. The average Bonchev–Trinajstić information content (AvgIpc) is 1.88. The van der Waals surface area contributed by atoms with Gasteiger partial charge in [0.05, 0.1) is 6.10 Å². The smallest absolute Gasteiger partial charge is 0.0759 e. The third-order valence-electron chi connectivity index (χ3n) is 1.24. The lowest BCUT2D eigenvalue weighted by Gasteiger charge is -2.12. The Balaban J connectivity index is 2.67. The van der Waals surface area contributed by atoms with Crippen LogP contribution in [0.3, 0.4) is 0 Å². The third-order valence-corrected chi connectivity index (χ3v) is 1.92. The van der Waals surface area contributed by atoms with Gasteiger partial charge in [-0.05, 0) is 23.6 Å². The molecule has 0 aromatic heterocycles. The van der Waals surface area contributed by atoms with E-state index in [2.05, 4.69) is 0 Å². The Kier molecular flexibility index (Phi) is 2.37. The summed E-state index contributed by atoms with van der Waals surface area (Å²) in [4.78, 5) is 0.255. The summed E-state index contributed by atoms with van der Waals surface area (Å²) in [6.07, 6.45) is 4.23. The van der Waals surface area contributed by atoms with E-state index in [4.69, 9.17) is 5.11 Å². The van der Waals surface area contributed by atoms with Gasteiger partial charge in [0, 0.05) is 4.91 Å². The van der Waals surface area contributed by atoms with Crippen molar-refractivity contribution in [2.45, 2.75) is 12.5 Å². The van der Waals surface area contributed by atoms with Crippen LogP contribution in [0, 0.1) is 0 Å². The molecule has 0 bridgehead atoms. The molecule has 0 aromatic rings. The van der Waals surface area contributed by atoms with Crippen molar-refractivity contribution in [2.75, 3.05) is 0 Å². The third kappa shape index (κ3) is 1.76. The van der Waals surface area contributed by atoms with Gasteiger partial charge < -0.3 is 9.66 Å². The monoisotopic (exact) mass is 159 g/mol. The summed E-state index contributed by atoms with van der Waals surface area (Å²) in [7, 11) is 0. The van der Waals surface area contributed by atoms with E-state index in [-0.39, 0.29) is 4.91 Å². The second-order valence-corrected chi connectivity index (χ2v) is 2.94.